The van der Waals surface area contributed by atoms with Crippen LogP contribution in [0.3, 0.4) is 0 Å². The number of likely N-dealkylation sites (tertiary alicyclic amines) is 1. The number of thiazole rings is 1. The van der Waals surface area contributed by atoms with E-state index in [1.54, 1.807) is 17.1 Å². The number of carbonyl (C=O) groups is 1. The van der Waals surface area contributed by atoms with E-state index in [1.807, 2.05) is 35.7 Å². The molecule has 1 amide bonds. The molecule has 1 N–H and O–H groups in total. The lowest BCUT2D eigenvalue weighted by Gasteiger charge is -2.34. The summed E-state index contributed by atoms with van der Waals surface area (Å²) in [6.45, 7) is 7.69. The molecule has 0 unspecified atom stereocenters. The van der Waals surface area contributed by atoms with Crippen LogP contribution < -0.4 is 5.32 Å². The summed E-state index contributed by atoms with van der Waals surface area (Å²) in [4.78, 5) is 19.6. The van der Waals surface area contributed by atoms with Crippen molar-refractivity contribution in [2.75, 3.05) is 18.4 Å². The molecular formula is C21H25N5OS. The molecule has 4 rings (SSSR count). The fourth-order valence-corrected chi connectivity index (χ4v) is 4.62. The van der Waals surface area contributed by atoms with Gasteiger partial charge in [-0.2, -0.15) is 5.10 Å². The van der Waals surface area contributed by atoms with E-state index in [2.05, 4.69) is 34.1 Å². The highest BCUT2D eigenvalue weighted by Gasteiger charge is 2.22. The third-order valence-electron chi connectivity index (χ3n) is 4.97. The van der Waals surface area contributed by atoms with Gasteiger partial charge in [0.15, 0.2) is 5.13 Å². The Hall–Kier alpha value is -2.51. The first-order valence-electron chi connectivity index (χ1n) is 9.65. The standard InChI is InChI=1S/C21H25N5OS/c1-15-8-16(2)11-25(10-15)13-18-14-28-21(23-18)24-20(27)17-9-22-26(12-17)19-6-4-3-5-7-19/h3-7,9,12,14-16H,8,10-11,13H2,1-2H3,(H,23,24,27)/t15-,16-/m1/s1. The predicted octanol–water partition coefficient (Wildman–Crippen LogP) is 4.06. The van der Waals surface area contributed by atoms with Gasteiger partial charge in [-0.05, 0) is 30.4 Å². The van der Waals surface area contributed by atoms with Gasteiger partial charge >= 0.3 is 0 Å². The SMILES string of the molecule is C[C@@H]1C[C@@H](C)CN(Cc2csc(NC(=O)c3cnn(-c4ccccc4)c3)n2)C1. The van der Waals surface area contributed by atoms with Crippen LogP contribution in [0, 0.1) is 11.8 Å². The minimum Gasteiger partial charge on any atom is -0.298 e. The van der Waals surface area contributed by atoms with Gasteiger partial charge in [-0.3, -0.25) is 15.0 Å². The van der Waals surface area contributed by atoms with E-state index in [-0.39, 0.29) is 5.91 Å². The van der Waals surface area contributed by atoms with E-state index >= 15 is 0 Å². The predicted molar refractivity (Wildman–Crippen MR) is 112 cm³/mol. The van der Waals surface area contributed by atoms with Gasteiger partial charge in [0, 0.05) is 31.2 Å². The average Bonchev–Trinajstić information content (AvgIpc) is 3.31. The number of anilines is 1. The fourth-order valence-electron chi connectivity index (χ4n) is 3.92. The maximum absolute atomic E-state index is 12.5. The van der Waals surface area contributed by atoms with Gasteiger partial charge < -0.3 is 0 Å². The first kappa shape index (κ1) is 18.8. The molecule has 0 aliphatic carbocycles. The van der Waals surface area contributed by atoms with Crippen LogP contribution in [0.1, 0.15) is 36.3 Å². The maximum Gasteiger partial charge on any atom is 0.260 e. The molecule has 0 radical (unpaired) electrons. The zero-order valence-corrected chi connectivity index (χ0v) is 17.0. The maximum atomic E-state index is 12.5. The van der Waals surface area contributed by atoms with Crippen molar-refractivity contribution in [1.82, 2.24) is 19.7 Å². The molecule has 2 atom stereocenters. The third kappa shape index (κ3) is 4.48. The van der Waals surface area contributed by atoms with Crippen LogP contribution in [0.15, 0.2) is 48.1 Å². The number of carbonyl (C=O) groups excluding carboxylic acids is 1. The van der Waals surface area contributed by atoms with Crippen LogP contribution in [0.25, 0.3) is 5.69 Å². The van der Waals surface area contributed by atoms with Gasteiger partial charge in [0.05, 0.1) is 23.1 Å². The summed E-state index contributed by atoms with van der Waals surface area (Å²) in [6, 6.07) is 9.73. The van der Waals surface area contributed by atoms with Gasteiger partial charge in [-0.25, -0.2) is 9.67 Å². The van der Waals surface area contributed by atoms with Crippen molar-refractivity contribution in [1.29, 1.82) is 0 Å². The molecule has 3 heterocycles. The highest BCUT2D eigenvalue weighted by Crippen LogP contribution is 2.24. The number of amides is 1. The second-order valence-electron chi connectivity index (χ2n) is 7.75. The molecule has 6 nitrogen and oxygen atoms in total. The van der Waals surface area contributed by atoms with E-state index < -0.39 is 0 Å². The van der Waals surface area contributed by atoms with Crippen LogP contribution in [0.4, 0.5) is 5.13 Å². The molecular weight excluding hydrogens is 370 g/mol. The van der Waals surface area contributed by atoms with Crippen molar-refractivity contribution in [2.24, 2.45) is 11.8 Å². The summed E-state index contributed by atoms with van der Waals surface area (Å²) in [6.07, 6.45) is 4.61. The Morgan fingerprint density at radius 1 is 1.21 bits per heavy atom. The lowest BCUT2D eigenvalue weighted by molar-refractivity contribution is 0.102. The van der Waals surface area contributed by atoms with Gasteiger partial charge in [0.2, 0.25) is 0 Å². The number of para-hydroxylation sites is 1. The van der Waals surface area contributed by atoms with Crippen molar-refractivity contribution in [3.05, 3.63) is 59.4 Å². The topological polar surface area (TPSA) is 63.1 Å². The van der Waals surface area contributed by atoms with Gasteiger partial charge in [0.25, 0.3) is 5.91 Å². The zero-order chi connectivity index (χ0) is 19.5. The first-order chi connectivity index (χ1) is 13.6. The minimum absolute atomic E-state index is 0.191. The molecule has 1 aromatic carbocycles. The molecule has 1 saturated heterocycles. The Morgan fingerprint density at radius 2 is 1.96 bits per heavy atom. The summed E-state index contributed by atoms with van der Waals surface area (Å²) < 4.78 is 1.70. The summed E-state index contributed by atoms with van der Waals surface area (Å²) in [7, 11) is 0. The number of nitrogens with one attached hydrogen (secondary N) is 1. The summed E-state index contributed by atoms with van der Waals surface area (Å²) in [5, 5.41) is 9.84. The van der Waals surface area contributed by atoms with Crippen LogP contribution >= 0.6 is 11.3 Å². The molecule has 1 aliphatic heterocycles. The van der Waals surface area contributed by atoms with E-state index in [1.165, 1.54) is 17.8 Å². The molecule has 0 bridgehead atoms. The monoisotopic (exact) mass is 395 g/mol. The molecule has 3 aromatic rings. The van der Waals surface area contributed by atoms with Crippen LogP contribution in [0.5, 0.6) is 0 Å². The molecule has 2 aromatic heterocycles. The lowest BCUT2D eigenvalue weighted by Crippen LogP contribution is -2.38. The van der Waals surface area contributed by atoms with E-state index in [0.717, 1.165) is 42.9 Å². The largest absolute Gasteiger partial charge is 0.298 e. The van der Waals surface area contributed by atoms with Crippen LogP contribution in [0.2, 0.25) is 0 Å². The first-order valence-corrected chi connectivity index (χ1v) is 10.5. The highest BCUT2D eigenvalue weighted by atomic mass is 32.1. The fraction of sp³-hybridized carbons (Fsp3) is 0.381. The van der Waals surface area contributed by atoms with Crippen molar-refractivity contribution in [3.63, 3.8) is 0 Å². The third-order valence-corrected chi connectivity index (χ3v) is 5.77. The van der Waals surface area contributed by atoms with E-state index in [9.17, 15) is 4.79 Å². The normalized spacial score (nSPS) is 20.2. The van der Waals surface area contributed by atoms with Crippen molar-refractivity contribution in [2.45, 2.75) is 26.8 Å². The number of benzene rings is 1. The minimum atomic E-state index is -0.191. The van der Waals surface area contributed by atoms with Gasteiger partial charge in [-0.15, -0.1) is 11.3 Å². The Balaban J connectivity index is 1.37. The van der Waals surface area contributed by atoms with Crippen molar-refractivity contribution in [3.8, 4) is 5.69 Å². The smallest absolute Gasteiger partial charge is 0.260 e. The second kappa shape index (κ2) is 8.24. The van der Waals surface area contributed by atoms with Gasteiger partial charge in [-0.1, -0.05) is 32.0 Å². The zero-order valence-electron chi connectivity index (χ0n) is 16.2. The lowest BCUT2D eigenvalue weighted by atomic mass is 9.92. The molecule has 1 fully saturated rings. The number of piperidine rings is 1. The number of hydrogen-bond acceptors (Lipinski definition) is 5. The van der Waals surface area contributed by atoms with Gasteiger partial charge in [0.1, 0.15) is 0 Å². The average molecular weight is 396 g/mol. The number of aromatic nitrogens is 3. The molecule has 1 aliphatic rings. The molecule has 0 saturated carbocycles. The van der Waals surface area contributed by atoms with Crippen LogP contribution in [-0.2, 0) is 6.54 Å². The number of hydrogen-bond donors (Lipinski definition) is 1. The number of nitrogens with zero attached hydrogens (tertiary/aromatic N) is 4. The quantitative estimate of drug-likeness (QED) is 0.708. The Labute approximate surface area is 169 Å². The van der Waals surface area contributed by atoms with Crippen LogP contribution in [-0.4, -0.2) is 38.7 Å². The Bertz CT molecular complexity index is 925. The van der Waals surface area contributed by atoms with Crippen molar-refractivity contribution < 1.29 is 4.79 Å². The number of rotatable bonds is 5. The summed E-state index contributed by atoms with van der Waals surface area (Å²) in [5.74, 6) is 1.26. The molecule has 7 heteroatoms. The second-order valence-corrected chi connectivity index (χ2v) is 8.61. The molecule has 28 heavy (non-hydrogen) atoms. The Kier molecular flexibility index (Phi) is 5.54. The summed E-state index contributed by atoms with van der Waals surface area (Å²) >= 11 is 1.47. The molecule has 0 spiro atoms. The highest BCUT2D eigenvalue weighted by molar-refractivity contribution is 7.13. The van der Waals surface area contributed by atoms with Crippen molar-refractivity contribution >= 4 is 22.4 Å². The molecule has 146 valence electrons. The Morgan fingerprint density at radius 3 is 2.71 bits per heavy atom. The summed E-state index contributed by atoms with van der Waals surface area (Å²) in [5.41, 5.74) is 2.45. The van der Waals surface area contributed by atoms with E-state index in [4.69, 9.17) is 0 Å². The van der Waals surface area contributed by atoms with E-state index in [0.29, 0.717) is 10.7 Å².